The number of halogens is 1. The van der Waals surface area contributed by atoms with Crippen molar-refractivity contribution in [1.82, 2.24) is 10.2 Å². The molecule has 1 aromatic carbocycles. The van der Waals surface area contributed by atoms with Crippen LogP contribution in [0.25, 0.3) is 6.08 Å². The summed E-state index contributed by atoms with van der Waals surface area (Å²) in [5, 5.41) is 3.03. The van der Waals surface area contributed by atoms with E-state index >= 15 is 0 Å². The zero-order valence-corrected chi connectivity index (χ0v) is 14.7. The van der Waals surface area contributed by atoms with Crippen LogP contribution < -0.4 is 10.2 Å². The molecule has 0 radical (unpaired) electrons. The zero-order chi connectivity index (χ0) is 17.6. The zero-order valence-electron chi connectivity index (χ0n) is 14.7. The number of nitrogens with zero attached hydrogens (tertiary/aromatic N) is 2. The van der Waals surface area contributed by atoms with E-state index in [4.69, 9.17) is 4.74 Å². The van der Waals surface area contributed by atoms with Gasteiger partial charge in [0.05, 0.1) is 19.8 Å². The standard InChI is InChI=1S/C19H26FN3O2/c1-21-13-18-12-16(20)14-23(18)19(24)7-4-15-2-5-17(6-3-15)22-8-10-25-11-9-22/h2-7,16,18,21H,8-14H2,1H3/b7-4+/t16-,18-/m0/s1. The van der Waals surface area contributed by atoms with Crippen molar-refractivity contribution in [2.24, 2.45) is 0 Å². The van der Waals surface area contributed by atoms with Gasteiger partial charge in [0.2, 0.25) is 5.91 Å². The lowest BCUT2D eigenvalue weighted by Crippen LogP contribution is -2.40. The largest absolute Gasteiger partial charge is 0.378 e. The molecule has 0 aromatic heterocycles. The molecule has 5 nitrogen and oxygen atoms in total. The average Bonchev–Trinajstić information content (AvgIpc) is 3.02. The Balaban J connectivity index is 1.60. The highest BCUT2D eigenvalue weighted by molar-refractivity contribution is 5.92. The van der Waals surface area contributed by atoms with E-state index in [0.717, 1.165) is 31.9 Å². The number of anilines is 1. The highest BCUT2D eigenvalue weighted by atomic mass is 19.1. The number of likely N-dealkylation sites (N-methyl/N-ethyl adjacent to an activating group) is 1. The highest BCUT2D eigenvalue weighted by Gasteiger charge is 2.33. The topological polar surface area (TPSA) is 44.8 Å². The van der Waals surface area contributed by atoms with E-state index in [1.54, 1.807) is 17.1 Å². The van der Waals surface area contributed by atoms with E-state index in [1.165, 1.54) is 5.69 Å². The SMILES string of the molecule is CNC[C@@H]1C[C@H](F)CN1C(=O)/C=C/c1ccc(N2CCOCC2)cc1. The molecule has 1 aromatic rings. The maximum atomic E-state index is 13.6. The fraction of sp³-hybridized carbons (Fsp3) is 0.526. The summed E-state index contributed by atoms with van der Waals surface area (Å²) in [5.74, 6) is -0.127. The van der Waals surface area contributed by atoms with Crippen molar-refractivity contribution in [1.29, 1.82) is 0 Å². The van der Waals surface area contributed by atoms with Crippen LogP contribution in [0.5, 0.6) is 0 Å². The molecule has 2 atom stereocenters. The van der Waals surface area contributed by atoms with Crippen LogP contribution in [0.1, 0.15) is 12.0 Å². The number of amides is 1. The van der Waals surface area contributed by atoms with Crippen molar-refractivity contribution in [3.8, 4) is 0 Å². The van der Waals surface area contributed by atoms with E-state index in [-0.39, 0.29) is 18.5 Å². The molecule has 0 unspecified atom stereocenters. The van der Waals surface area contributed by atoms with Crippen molar-refractivity contribution >= 4 is 17.7 Å². The third-order valence-corrected chi connectivity index (χ3v) is 4.77. The Morgan fingerprint density at radius 1 is 1.32 bits per heavy atom. The molecule has 2 heterocycles. The maximum absolute atomic E-state index is 13.6. The summed E-state index contributed by atoms with van der Waals surface area (Å²) in [5.41, 5.74) is 2.13. The summed E-state index contributed by atoms with van der Waals surface area (Å²) in [6.45, 7) is 4.13. The van der Waals surface area contributed by atoms with Gasteiger partial charge in [0.1, 0.15) is 6.17 Å². The molecule has 0 spiro atoms. The number of nitrogens with one attached hydrogen (secondary N) is 1. The summed E-state index contributed by atoms with van der Waals surface area (Å²) in [6, 6.07) is 8.06. The predicted octanol–water partition coefficient (Wildman–Crippen LogP) is 1.69. The van der Waals surface area contributed by atoms with Gasteiger partial charge in [0.25, 0.3) is 0 Å². The van der Waals surface area contributed by atoms with Gasteiger partial charge >= 0.3 is 0 Å². The van der Waals surface area contributed by atoms with Gasteiger partial charge < -0.3 is 19.9 Å². The van der Waals surface area contributed by atoms with Gasteiger partial charge in [0.15, 0.2) is 0 Å². The van der Waals surface area contributed by atoms with Gasteiger partial charge in [-0.1, -0.05) is 12.1 Å². The molecule has 2 fully saturated rings. The molecule has 136 valence electrons. The van der Waals surface area contributed by atoms with Crippen LogP contribution in [0, 0.1) is 0 Å². The Hall–Kier alpha value is -1.92. The number of carbonyl (C=O) groups is 1. The molecule has 2 saturated heterocycles. The number of ether oxygens (including phenoxy) is 1. The van der Waals surface area contributed by atoms with Gasteiger partial charge in [-0.3, -0.25) is 4.79 Å². The number of hydrogen-bond donors (Lipinski definition) is 1. The van der Waals surface area contributed by atoms with Crippen LogP contribution in [0.15, 0.2) is 30.3 Å². The predicted molar refractivity (Wildman–Crippen MR) is 97.4 cm³/mol. The molecule has 3 rings (SSSR count). The van der Waals surface area contributed by atoms with Crippen LogP contribution in [-0.2, 0) is 9.53 Å². The number of morpholine rings is 1. The first-order chi connectivity index (χ1) is 12.2. The van der Waals surface area contributed by atoms with E-state index in [1.807, 2.05) is 19.2 Å². The number of benzene rings is 1. The second-order valence-electron chi connectivity index (χ2n) is 6.56. The number of alkyl halides is 1. The van der Waals surface area contributed by atoms with Crippen molar-refractivity contribution in [2.45, 2.75) is 18.6 Å². The van der Waals surface area contributed by atoms with Crippen LogP contribution in [0.2, 0.25) is 0 Å². The Morgan fingerprint density at radius 3 is 2.72 bits per heavy atom. The number of likely N-dealkylation sites (tertiary alicyclic amines) is 1. The highest BCUT2D eigenvalue weighted by Crippen LogP contribution is 2.21. The first-order valence-corrected chi connectivity index (χ1v) is 8.87. The maximum Gasteiger partial charge on any atom is 0.246 e. The van der Waals surface area contributed by atoms with Gasteiger partial charge in [-0.2, -0.15) is 0 Å². The lowest BCUT2D eigenvalue weighted by Gasteiger charge is -2.28. The Morgan fingerprint density at radius 2 is 2.04 bits per heavy atom. The van der Waals surface area contributed by atoms with Gasteiger partial charge in [-0.25, -0.2) is 4.39 Å². The summed E-state index contributed by atoms with van der Waals surface area (Å²) in [7, 11) is 1.82. The fourth-order valence-corrected chi connectivity index (χ4v) is 3.44. The normalized spacial score (nSPS) is 24.2. The van der Waals surface area contributed by atoms with Gasteiger partial charge in [0, 0.05) is 43.9 Å². The number of rotatable bonds is 5. The first-order valence-electron chi connectivity index (χ1n) is 8.87. The fourth-order valence-electron chi connectivity index (χ4n) is 3.44. The van der Waals surface area contributed by atoms with Crippen molar-refractivity contribution in [3.05, 3.63) is 35.9 Å². The monoisotopic (exact) mass is 347 g/mol. The molecule has 2 aliphatic heterocycles. The van der Waals surface area contributed by atoms with Crippen LogP contribution in [0.4, 0.5) is 10.1 Å². The molecular formula is C19H26FN3O2. The second kappa shape index (κ2) is 8.45. The Labute approximate surface area is 148 Å². The van der Waals surface area contributed by atoms with Crippen molar-refractivity contribution < 1.29 is 13.9 Å². The minimum Gasteiger partial charge on any atom is -0.378 e. The lowest BCUT2D eigenvalue weighted by atomic mass is 10.1. The second-order valence-corrected chi connectivity index (χ2v) is 6.56. The van der Waals surface area contributed by atoms with Crippen molar-refractivity contribution in [2.75, 3.05) is 51.3 Å². The van der Waals surface area contributed by atoms with Crippen LogP contribution >= 0.6 is 0 Å². The van der Waals surface area contributed by atoms with E-state index in [0.29, 0.717) is 13.0 Å². The number of carbonyl (C=O) groups excluding carboxylic acids is 1. The van der Waals surface area contributed by atoms with Gasteiger partial charge in [-0.05, 0) is 30.8 Å². The molecule has 6 heteroatoms. The summed E-state index contributed by atoms with van der Waals surface area (Å²) in [6.07, 6.45) is 2.83. The summed E-state index contributed by atoms with van der Waals surface area (Å²) in [4.78, 5) is 16.3. The minimum absolute atomic E-state index is 0.0687. The van der Waals surface area contributed by atoms with E-state index < -0.39 is 6.17 Å². The minimum atomic E-state index is -0.927. The van der Waals surface area contributed by atoms with E-state index in [9.17, 15) is 9.18 Å². The van der Waals surface area contributed by atoms with E-state index in [2.05, 4.69) is 22.3 Å². The summed E-state index contributed by atoms with van der Waals surface area (Å²) < 4.78 is 19.0. The Bertz CT molecular complexity index is 599. The third-order valence-electron chi connectivity index (χ3n) is 4.77. The molecule has 2 aliphatic rings. The van der Waals surface area contributed by atoms with Crippen molar-refractivity contribution in [3.63, 3.8) is 0 Å². The molecule has 1 N–H and O–H groups in total. The smallest absolute Gasteiger partial charge is 0.246 e. The summed E-state index contributed by atoms with van der Waals surface area (Å²) >= 11 is 0. The third kappa shape index (κ3) is 4.58. The molecule has 25 heavy (non-hydrogen) atoms. The molecule has 0 saturated carbocycles. The molecular weight excluding hydrogens is 321 g/mol. The molecule has 1 amide bonds. The van der Waals surface area contributed by atoms with Crippen LogP contribution in [0.3, 0.4) is 0 Å². The van der Waals surface area contributed by atoms with Crippen LogP contribution in [-0.4, -0.2) is 69.5 Å². The quantitative estimate of drug-likeness (QED) is 0.824. The molecule has 0 aliphatic carbocycles. The Kier molecular flexibility index (Phi) is 6.04. The van der Waals surface area contributed by atoms with Gasteiger partial charge in [-0.15, -0.1) is 0 Å². The number of hydrogen-bond acceptors (Lipinski definition) is 4. The first kappa shape index (κ1) is 17.9. The average molecular weight is 347 g/mol. The molecule has 0 bridgehead atoms. The lowest BCUT2D eigenvalue weighted by molar-refractivity contribution is -0.126.